The van der Waals surface area contributed by atoms with Crippen LogP contribution in [0.2, 0.25) is 0 Å². The van der Waals surface area contributed by atoms with Crippen LogP contribution in [0.1, 0.15) is 32.1 Å². The quantitative estimate of drug-likeness (QED) is 0.687. The molecule has 2 heterocycles. The SMILES string of the molecule is NC(=O)C1CCCCN1C(=O)C1CCC(=O)NC1. The molecule has 18 heavy (non-hydrogen) atoms. The van der Waals surface area contributed by atoms with Gasteiger partial charge >= 0.3 is 0 Å². The predicted molar refractivity (Wildman–Crippen MR) is 64.3 cm³/mol. The summed E-state index contributed by atoms with van der Waals surface area (Å²) >= 11 is 0. The molecule has 3 amide bonds. The van der Waals surface area contributed by atoms with Crippen molar-refractivity contribution in [2.24, 2.45) is 11.7 Å². The summed E-state index contributed by atoms with van der Waals surface area (Å²) in [5.41, 5.74) is 5.34. The lowest BCUT2D eigenvalue weighted by atomic mass is 9.94. The molecule has 0 aromatic heterocycles. The first-order chi connectivity index (χ1) is 8.59. The smallest absolute Gasteiger partial charge is 0.240 e. The molecule has 0 spiro atoms. The Morgan fingerprint density at radius 3 is 2.67 bits per heavy atom. The molecule has 6 heteroatoms. The van der Waals surface area contributed by atoms with E-state index in [1.54, 1.807) is 4.90 Å². The van der Waals surface area contributed by atoms with Gasteiger partial charge in [0.15, 0.2) is 0 Å². The molecule has 0 aliphatic carbocycles. The fourth-order valence-corrected chi connectivity index (χ4v) is 2.67. The molecule has 0 aromatic rings. The normalized spacial score (nSPS) is 28.7. The van der Waals surface area contributed by atoms with E-state index in [1.165, 1.54) is 0 Å². The van der Waals surface area contributed by atoms with Gasteiger partial charge in [-0.25, -0.2) is 0 Å². The molecular weight excluding hydrogens is 234 g/mol. The highest BCUT2D eigenvalue weighted by molar-refractivity contribution is 5.89. The van der Waals surface area contributed by atoms with Crippen LogP contribution in [0.3, 0.4) is 0 Å². The Kier molecular flexibility index (Phi) is 3.84. The van der Waals surface area contributed by atoms with Crippen LogP contribution in [0, 0.1) is 5.92 Å². The molecule has 0 saturated carbocycles. The number of carbonyl (C=O) groups excluding carboxylic acids is 3. The van der Waals surface area contributed by atoms with E-state index in [1.807, 2.05) is 0 Å². The zero-order valence-corrected chi connectivity index (χ0v) is 10.4. The molecule has 2 aliphatic heterocycles. The van der Waals surface area contributed by atoms with Gasteiger partial charge < -0.3 is 16.0 Å². The second kappa shape index (κ2) is 5.37. The van der Waals surface area contributed by atoms with Crippen LogP contribution >= 0.6 is 0 Å². The summed E-state index contributed by atoms with van der Waals surface area (Å²) in [6, 6.07) is -0.469. The van der Waals surface area contributed by atoms with Gasteiger partial charge in [0.05, 0.1) is 5.92 Å². The van der Waals surface area contributed by atoms with Crippen molar-refractivity contribution in [3.63, 3.8) is 0 Å². The minimum Gasteiger partial charge on any atom is -0.368 e. The first-order valence-electron chi connectivity index (χ1n) is 6.46. The zero-order chi connectivity index (χ0) is 13.1. The first kappa shape index (κ1) is 12.9. The molecule has 0 bridgehead atoms. The lowest BCUT2D eigenvalue weighted by Crippen LogP contribution is -2.54. The van der Waals surface area contributed by atoms with Crippen molar-refractivity contribution in [3.05, 3.63) is 0 Å². The molecule has 2 unspecified atom stereocenters. The fraction of sp³-hybridized carbons (Fsp3) is 0.750. The number of rotatable bonds is 2. The minimum absolute atomic E-state index is 0.0101. The molecule has 0 aromatic carbocycles. The number of primary amides is 1. The van der Waals surface area contributed by atoms with Gasteiger partial charge in [-0.3, -0.25) is 14.4 Å². The number of likely N-dealkylation sites (tertiary alicyclic amines) is 1. The Balaban J connectivity index is 2.02. The Morgan fingerprint density at radius 1 is 1.28 bits per heavy atom. The van der Waals surface area contributed by atoms with Crippen molar-refractivity contribution in [1.82, 2.24) is 10.2 Å². The third-order valence-corrected chi connectivity index (χ3v) is 3.73. The Morgan fingerprint density at radius 2 is 2.06 bits per heavy atom. The highest BCUT2D eigenvalue weighted by atomic mass is 16.2. The Hall–Kier alpha value is -1.59. The lowest BCUT2D eigenvalue weighted by Gasteiger charge is -2.36. The van der Waals surface area contributed by atoms with E-state index in [9.17, 15) is 14.4 Å². The second-order valence-electron chi connectivity index (χ2n) is 4.99. The average Bonchev–Trinajstić information content (AvgIpc) is 2.39. The topological polar surface area (TPSA) is 92.5 Å². The van der Waals surface area contributed by atoms with Gasteiger partial charge in [0.25, 0.3) is 0 Å². The summed E-state index contributed by atoms with van der Waals surface area (Å²) < 4.78 is 0. The molecule has 0 radical (unpaired) electrons. The molecule has 2 fully saturated rings. The molecule has 2 aliphatic rings. The van der Waals surface area contributed by atoms with E-state index in [0.717, 1.165) is 12.8 Å². The Labute approximate surface area is 106 Å². The van der Waals surface area contributed by atoms with Gasteiger partial charge in [0.1, 0.15) is 6.04 Å². The van der Waals surface area contributed by atoms with Gasteiger partial charge in [-0.05, 0) is 25.7 Å². The third-order valence-electron chi connectivity index (χ3n) is 3.73. The van der Waals surface area contributed by atoms with Gasteiger partial charge in [0.2, 0.25) is 17.7 Å². The first-order valence-corrected chi connectivity index (χ1v) is 6.46. The van der Waals surface area contributed by atoms with Crippen LogP contribution in [0.15, 0.2) is 0 Å². The van der Waals surface area contributed by atoms with Crippen LogP contribution in [-0.4, -0.2) is 41.8 Å². The maximum atomic E-state index is 12.3. The molecule has 2 saturated heterocycles. The summed E-state index contributed by atoms with van der Waals surface area (Å²) in [4.78, 5) is 36.4. The molecule has 6 nitrogen and oxygen atoms in total. The number of nitrogens with two attached hydrogens (primary N) is 1. The summed E-state index contributed by atoms with van der Waals surface area (Å²) in [6.45, 7) is 0.969. The maximum Gasteiger partial charge on any atom is 0.240 e. The van der Waals surface area contributed by atoms with Gasteiger partial charge in [-0.2, -0.15) is 0 Å². The van der Waals surface area contributed by atoms with E-state index in [2.05, 4.69) is 5.32 Å². The van der Waals surface area contributed by atoms with Crippen molar-refractivity contribution >= 4 is 17.7 Å². The van der Waals surface area contributed by atoms with Crippen molar-refractivity contribution in [1.29, 1.82) is 0 Å². The molecule has 2 rings (SSSR count). The zero-order valence-electron chi connectivity index (χ0n) is 10.4. The van der Waals surface area contributed by atoms with E-state index in [4.69, 9.17) is 5.73 Å². The van der Waals surface area contributed by atoms with Crippen molar-refractivity contribution in [3.8, 4) is 0 Å². The highest BCUT2D eigenvalue weighted by Crippen LogP contribution is 2.22. The number of hydrogen-bond acceptors (Lipinski definition) is 3. The summed E-state index contributed by atoms with van der Waals surface area (Å²) in [6.07, 6.45) is 3.44. The van der Waals surface area contributed by atoms with E-state index in [0.29, 0.717) is 32.4 Å². The van der Waals surface area contributed by atoms with Crippen LogP contribution in [0.4, 0.5) is 0 Å². The lowest BCUT2D eigenvalue weighted by molar-refractivity contribution is -0.145. The number of nitrogens with zero attached hydrogens (tertiary/aromatic N) is 1. The fourth-order valence-electron chi connectivity index (χ4n) is 2.67. The van der Waals surface area contributed by atoms with Crippen LogP contribution < -0.4 is 11.1 Å². The minimum atomic E-state index is -0.469. The summed E-state index contributed by atoms with van der Waals surface area (Å²) in [7, 11) is 0. The van der Waals surface area contributed by atoms with Crippen LogP contribution in [0.5, 0.6) is 0 Å². The highest BCUT2D eigenvalue weighted by Gasteiger charge is 2.35. The molecule has 100 valence electrons. The maximum absolute atomic E-state index is 12.3. The predicted octanol–water partition coefficient (Wildman–Crippen LogP) is -0.621. The third kappa shape index (κ3) is 2.63. The monoisotopic (exact) mass is 253 g/mol. The second-order valence-corrected chi connectivity index (χ2v) is 4.99. The Bertz CT molecular complexity index is 360. The van der Waals surface area contributed by atoms with Crippen LogP contribution in [-0.2, 0) is 14.4 Å². The molecule has 3 N–H and O–H groups in total. The van der Waals surface area contributed by atoms with Gasteiger partial charge in [-0.15, -0.1) is 0 Å². The average molecular weight is 253 g/mol. The van der Waals surface area contributed by atoms with Gasteiger partial charge in [-0.1, -0.05) is 0 Å². The number of amides is 3. The summed E-state index contributed by atoms with van der Waals surface area (Å²) in [5, 5.41) is 2.69. The number of hydrogen-bond donors (Lipinski definition) is 2. The largest absolute Gasteiger partial charge is 0.368 e. The molecular formula is C12H19N3O3. The van der Waals surface area contributed by atoms with Gasteiger partial charge in [0, 0.05) is 19.5 Å². The van der Waals surface area contributed by atoms with E-state index < -0.39 is 11.9 Å². The van der Waals surface area contributed by atoms with E-state index >= 15 is 0 Å². The van der Waals surface area contributed by atoms with Crippen LogP contribution in [0.25, 0.3) is 0 Å². The molecule has 2 atom stereocenters. The number of piperidine rings is 2. The van der Waals surface area contributed by atoms with Crippen molar-refractivity contribution in [2.45, 2.75) is 38.1 Å². The van der Waals surface area contributed by atoms with E-state index in [-0.39, 0.29) is 17.7 Å². The summed E-state index contributed by atoms with van der Waals surface area (Å²) in [5.74, 6) is -0.687. The number of carbonyl (C=O) groups is 3. The van der Waals surface area contributed by atoms with Crippen molar-refractivity contribution in [2.75, 3.05) is 13.1 Å². The standard InChI is InChI=1S/C12H19N3O3/c13-11(17)9-3-1-2-6-15(9)12(18)8-4-5-10(16)14-7-8/h8-9H,1-7H2,(H2,13,17)(H,14,16). The van der Waals surface area contributed by atoms with Crippen molar-refractivity contribution < 1.29 is 14.4 Å². The number of nitrogens with one attached hydrogen (secondary N) is 1.